The van der Waals surface area contributed by atoms with Crippen LogP contribution in [0.2, 0.25) is 5.02 Å². The van der Waals surface area contributed by atoms with Gasteiger partial charge < -0.3 is 0 Å². The van der Waals surface area contributed by atoms with Crippen LogP contribution in [0.25, 0.3) is 6.08 Å². The van der Waals surface area contributed by atoms with E-state index in [2.05, 4.69) is 31.2 Å². The molecular formula is C15H19Cl. The van der Waals surface area contributed by atoms with Gasteiger partial charge in [-0.3, -0.25) is 0 Å². The first-order valence-electron chi connectivity index (χ1n) is 5.91. The van der Waals surface area contributed by atoms with Crippen molar-refractivity contribution in [3.05, 3.63) is 53.1 Å². The molecule has 0 aliphatic carbocycles. The third-order valence-electron chi connectivity index (χ3n) is 2.38. The van der Waals surface area contributed by atoms with Gasteiger partial charge in [-0.25, -0.2) is 0 Å². The molecule has 0 aliphatic rings. The van der Waals surface area contributed by atoms with Gasteiger partial charge in [-0.1, -0.05) is 67.8 Å². The van der Waals surface area contributed by atoms with E-state index in [4.69, 9.17) is 11.6 Å². The van der Waals surface area contributed by atoms with E-state index in [0.29, 0.717) is 0 Å². The smallest absolute Gasteiger partial charge is 0.0406 e. The second-order valence-corrected chi connectivity index (χ2v) is 4.27. The van der Waals surface area contributed by atoms with Gasteiger partial charge in [0.15, 0.2) is 0 Å². The minimum Gasteiger partial charge on any atom is -0.0845 e. The Morgan fingerprint density at radius 3 is 2.50 bits per heavy atom. The Bertz CT molecular complexity index is 333. The zero-order chi connectivity index (χ0) is 11.6. The summed E-state index contributed by atoms with van der Waals surface area (Å²) in [4.78, 5) is 0. The highest BCUT2D eigenvalue weighted by molar-refractivity contribution is 6.30. The highest BCUT2D eigenvalue weighted by Crippen LogP contribution is 2.10. The highest BCUT2D eigenvalue weighted by Gasteiger charge is 1.86. The summed E-state index contributed by atoms with van der Waals surface area (Å²) in [6, 6.07) is 7.85. The Balaban J connectivity index is 2.28. The van der Waals surface area contributed by atoms with E-state index in [-0.39, 0.29) is 0 Å². The number of allylic oxidation sites excluding steroid dienone is 3. The number of hydrogen-bond acceptors (Lipinski definition) is 0. The molecule has 0 saturated heterocycles. The van der Waals surface area contributed by atoms with Crippen molar-refractivity contribution in [3.8, 4) is 0 Å². The number of halogens is 1. The SMILES string of the molecule is CCCCC/C=C/C=C/c1ccc(Cl)cc1. The largest absolute Gasteiger partial charge is 0.0845 e. The second-order valence-electron chi connectivity index (χ2n) is 3.83. The summed E-state index contributed by atoms with van der Waals surface area (Å²) in [6.07, 6.45) is 13.6. The molecule has 0 radical (unpaired) electrons. The summed E-state index contributed by atoms with van der Waals surface area (Å²) in [5, 5.41) is 0.784. The topological polar surface area (TPSA) is 0 Å². The lowest BCUT2D eigenvalue weighted by atomic mass is 10.2. The van der Waals surface area contributed by atoms with Gasteiger partial charge in [0.1, 0.15) is 0 Å². The molecule has 16 heavy (non-hydrogen) atoms. The summed E-state index contributed by atoms with van der Waals surface area (Å²) in [7, 11) is 0. The normalized spacial score (nSPS) is 11.6. The van der Waals surface area contributed by atoms with E-state index in [1.54, 1.807) is 0 Å². The zero-order valence-electron chi connectivity index (χ0n) is 9.83. The van der Waals surface area contributed by atoms with Gasteiger partial charge in [-0.2, -0.15) is 0 Å². The molecule has 0 nitrogen and oxygen atoms in total. The molecule has 0 fully saturated rings. The quantitative estimate of drug-likeness (QED) is 0.451. The molecule has 0 unspecified atom stereocenters. The molecule has 1 rings (SSSR count). The van der Waals surface area contributed by atoms with Gasteiger partial charge >= 0.3 is 0 Å². The van der Waals surface area contributed by atoms with Crippen molar-refractivity contribution >= 4 is 17.7 Å². The van der Waals surface area contributed by atoms with Crippen LogP contribution in [0, 0.1) is 0 Å². The van der Waals surface area contributed by atoms with Crippen LogP contribution in [0.5, 0.6) is 0 Å². The van der Waals surface area contributed by atoms with E-state index in [1.165, 1.54) is 31.2 Å². The van der Waals surface area contributed by atoms with Gasteiger partial charge in [0.25, 0.3) is 0 Å². The van der Waals surface area contributed by atoms with Gasteiger partial charge in [-0.15, -0.1) is 0 Å². The third-order valence-corrected chi connectivity index (χ3v) is 2.63. The van der Waals surface area contributed by atoms with Crippen LogP contribution in [0.4, 0.5) is 0 Å². The van der Waals surface area contributed by atoms with E-state index < -0.39 is 0 Å². The minimum absolute atomic E-state index is 0.784. The van der Waals surface area contributed by atoms with E-state index in [0.717, 1.165) is 5.02 Å². The summed E-state index contributed by atoms with van der Waals surface area (Å²) < 4.78 is 0. The number of unbranched alkanes of at least 4 members (excludes halogenated alkanes) is 3. The van der Waals surface area contributed by atoms with E-state index in [1.807, 2.05) is 24.3 Å². The Kier molecular flexibility index (Phi) is 6.67. The maximum Gasteiger partial charge on any atom is 0.0406 e. The molecule has 0 aromatic heterocycles. The van der Waals surface area contributed by atoms with Crippen molar-refractivity contribution in [3.63, 3.8) is 0 Å². The lowest BCUT2D eigenvalue weighted by Gasteiger charge is -1.92. The van der Waals surface area contributed by atoms with Gasteiger partial charge in [0, 0.05) is 5.02 Å². The summed E-state index contributed by atoms with van der Waals surface area (Å²) >= 11 is 5.81. The molecule has 0 saturated carbocycles. The highest BCUT2D eigenvalue weighted by atomic mass is 35.5. The molecule has 1 aromatic rings. The van der Waals surface area contributed by atoms with Crippen molar-refractivity contribution in [1.82, 2.24) is 0 Å². The molecule has 0 amide bonds. The van der Waals surface area contributed by atoms with Gasteiger partial charge in [0.05, 0.1) is 0 Å². The van der Waals surface area contributed by atoms with Crippen LogP contribution in [-0.4, -0.2) is 0 Å². The maximum atomic E-state index is 5.81. The van der Waals surface area contributed by atoms with Crippen LogP contribution in [0.3, 0.4) is 0 Å². The molecular weight excluding hydrogens is 216 g/mol. The molecule has 0 bridgehead atoms. The number of benzene rings is 1. The first-order chi connectivity index (χ1) is 7.83. The molecule has 0 aliphatic heterocycles. The van der Waals surface area contributed by atoms with Crippen LogP contribution in [0.1, 0.15) is 38.2 Å². The van der Waals surface area contributed by atoms with Crippen LogP contribution < -0.4 is 0 Å². The van der Waals surface area contributed by atoms with Crippen molar-refractivity contribution in [2.75, 3.05) is 0 Å². The average molecular weight is 235 g/mol. The molecule has 0 atom stereocenters. The van der Waals surface area contributed by atoms with E-state index >= 15 is 0 Å². The molecule has 0 N–H and O–H groups in total. The predicted molar refractivity (Wildman–Crippen MR) is 73.8 cm³/mol. The Labute approximate surface area is 104 Å². The monoisotopic (exact) mass is 234 g/mol. The Morgan fingerprint density at radius 1 is 1.06 bits per heavy atom. The minimum atomic E-state index is 0.784. The fraction of sp³-hybridized carbons (Fsp3) is 0.333. The molecule has 0 heterocycles. The molecule has 0 spiro atoms. The van der Waals surface area contributed by atoms with E-state index in [9.17, 15) is 0 Å². The molecule has 1 aromatic carbocycles. The first kappa shape index (κ1) is 13.1. The zero-order valence-corrected chi connectivity index (χ0v) is 10.6. The first-order valence-corrected chi connectivity index (χ1v) is 6.29. The van der Waals surface area contributed by atoms with Crippen LogP contribution in [0.15, 0.2) is 42.5 Å². The van der Waals surface area contributed by atoms with Crippen molar-refractivity contribution in [1.29, 1.82) is 0 Å². The maximum absolute atomic E-state index is 5.81. The summed E-state index contributed by atoms with van der Waals surface area (Å²) in [5.74, 6) is 0. The molecule has 86 valence electrons. The fourth-order valence-electron chi connectivity index (χ4n) is 1.43. The van der Waals surface area contributed by atoms with Crippen molar-refractivity contribution in [2.45, 2.75) is 32.6 Å². The lowest BCUT2D eigenvalue weighted by Crippen LogP contribution is -1.71. The molecule has 1 heteroatoms. The average Bonchev–Trinajstić information content (AvgIpc) is 2.30. The van der Waals surface area contributed by atoms with Crippen LogP contribution in [-0.2, 0) is 0 Å². The summed E-state index contributed by atoms with van der Waals surface area (Å²) in [5.41, 5.74) is 1.18. The standard InChI is InChI=1S/C15H19Cl/c1-2-3-4-5-6-7-8-9-14-10-12-15(16)13-11-14/h6-13H,2-5H2,1H3/b7-6+,9-8+. The summed E-state index contributed by atoms with van der Waals surface area (Å²) in [6.45, 7) is 2.23. The van der Waals surface area contributed by atoms with Crippen molar-refractivity contribution in [2.24, 2.45) is 0 Å². The lowest BCUT2D eigenvalue weighted by molar-refractivity contribution is 0.729. The third kappa shape index (κ3) is 5.77. The van der Waals surface area contributed by atoms with Crippen LogP contribution >= 0.6 is 11.6 Å². The van der Waals surface area contributed by atoms with Gasteiger partial charge in [0.2, 0.25) is 0 Å². The van der Waals surface area contributed by atoms with Crippen molar-refractivity contribution < 1.29 is 0 Å². The predicted octanol–water partition coefficient (Wildman–Crippen LogP) is 5.49. The fourth-order valence-corrected chi connectivity index (χ4v) is 1.55. The number of rotatable bonds is 6. The Morgan fingerprint density at radius 2 is 1.81 bits per heavy atom. The van der Waals surface area contributed by atoms with Gasteiger partial charge in [-0.05, 0) is 30.5 Å². The Hall–Kier alpha value is -1.01. The second kappa shape index (κ2) is 8.18. The number of hydrogen-bond donors (Lipinski definition) is 0.